The van der Waals surface area contributed by atoms with E-state index in [4.69, 9.17) is 0 Å². The highest BCUT2D eigenvalue weighted by Crippen LogP contribution is 2.18. The number of hydrogen-bond donors (Lipinski definition) is 0. The first-order valence-corrected chi connectivity index (χ1v) is 7.01. The summed E-state index contributed by atoms with van der Waals surface area (Å²) in [7, 11) is 3.88. The summed E-state index contributed by atoms with van der Waals surface area (Å²) in [5.41, 5.74) is 2.03. The molecule has 0 aliphatic heterocycles. The van der Waals surface area contributed by atoms with Gasteiger partial charge in [-0.25, -0.2) is 4.39 Å². The molecular weight excluding hydrogens is 321 g/mol. The van der Waals surface area contributed by atoms with Gasteiger partial charge in [0.25, 0.3) is 0 Å². The van der Waals surface area contributed by atoms with Crippen molar-refractivity contribution in [2.75, 3.05) is 19.0 Å². The molecule has 0 heterocycles. The molecule has 0 saturated heterocycles. The lowest BCUT2D eigenvalue weighted by molar-refractivity contribution is 0.0992. The lowest BCUT2D eigenvalue weighted by Crippen LogP contribution is -2.09. The minimum absolute atomic E-state index is 0.0699. The Hall–Kier alpha value is -1.68. The second kappa shape index (κ2) is 6.18. The van der Waals surface area contributed by atoms with Crippen molar-refractivity contribution >= 4 is 27.4 Å². The molecule has 0 spiro atoms. The maximum absolute atomic E-state index is 13.7. The molecule has 2 rings (SSSR count). The van der Waals surface area contributed by atoms with Crippen LogP contribution < -0.4 is 4.90 Å². The first-order chi connectivity index (χ1) is 9.47. The minimum atomic E-state index is -0.363. The van der Waals surface area contributed by atoms with Crippen LogP contribution in [0.3, 0.4) is 0 Å². The van der Waals surface area contributed by atoms with Crippen molar-refractivity contribution in [1.82, 2.24) is 0 Å². The Morgan fingerprint density at radius 3 is 2.35 bits per heavy atom. The Morgan fingerprint density at radius 1 is 1.15 bits per heavy atom. The second-order valence-corrected chi connectivity index (χ2v) is 5.69. The second-order valence-electron chi connectivity index (χ2n) is 4.78. The average molecular weight is 336 g/mol. The lowest BCUT2D eigenvalue weighted by Gasteiger charge is -2.12. The van der Waals surface area contributed by atoms with Gasteiger partial charge < -0.3 is 4.90 Å². The molecule has 0 saturated carbocycles. The van der Waals surface area contributed by atoms with Gasteiger partial charge in [-0.05, 0) is 42.0 Å². The van der Waals surface area contributed by atoms with Gasteiger partial charge in [-0.1, -0.05) is 22.0 Å². The third-order valence-electron chi connectivity index (χ3n) is 3.07. The molecule has 0 fully saturated rings. The first-order valence-electron chi connectivity index (χ1n) is 6.22. The average Bonchev–Trinajstić information content (AvgIpc) is 2.42. The Bertz CT molecular complexity index is 623. The van der Waals surface area contributed by atoms with Gasteiger partial charge in [0, 0.05) is 36.2 Å². The molecule has 2 aromatic carbocycles. The first kappa shape index (κ1) is 14.7. The van der Waals surface area contributed by atoms with Crippen molar-refractivity contribution in [1.29, 1.82) is 0 Å². The monoisotopic (exact) mass is 335 g/mol. The number of halogens is 2. The molecule has 0 radical (unpaired) electrons. The summed E-state index contributed by atoms with van der Waals surface area (Å²) in [5, 5.41) is 0. The predicted molar refractivity (Wildman–Crippen MR) is 82.9 cm³/mol. The van der Waals surface area contributed by atoms with Crippen molar-refractivity contribution < 1.29 is 9.18 Å². The SMILES string of the molecule is CN(C)c1ccc(C(=O)Cc2ccc(Br)cc2F)cc1. The molecule has 20 heavy (non-hydrogen) atoms. The van der Waals surface area contributed by atoms with Gasteiger partial charge in [-0.15, -0.1) is 0 Å². The fourth-order valence-corrected chi connectivity index (χ4v) is 2.22. The van der Waals surface area contributed by atoms with E-state index in [-0.39, 0.29) is 18.0 Å². The predicted octanol–water partition coefficient (Wildman–Crippen LogP) is 4.08. The summed E-state index contributed by atoms with van der Waals surface area (Å²) >= 11 is 3.20. The highest BCUT2D eigenvalue weighted by molar-refractivity contribution is 9.10. The zero-order valence-electron chi connectivity index (χ0n) is 11.4. The molecule has 0 bridgehead atoms. The number of carbonyl (C=O) groups excluding carboxylic acids is 1. The molecule has 0 N–H and O–H groups in total. The largest absolute Gasteiger partial charge is 0.378 e. The van der Waals surface area contributed by atoms with Gasteiger partial charge in [0.1, 0.15) is 5.82 Å². The highest BCUT2D eigenvalue weighted by Gasteiger charge is 2.11. The van der Waals surface area contributed by atoms with Crippen LogP contribution in [0.1, 0.15) is 15.9 Å². The van der Waals surface area contributed by atoms with Crippen LogP contribution in [0.25, 0.3) is 0 Å². The Kier molecular flexibility index (Phi) is 4.55. The molecule has 0 aliphatic rings. The number of rotatable bonds is 4. The molecular formula is C16H15BrFNO. The van der Waals surface area contributed by atoms with Gasteiger partial charge in [-0.2, -0.15) is 0 Å². The number of hydrogen-bond acceptors (Lipinski definition) is 2. The summed E-state index contributed by atoms with van der Waals surface area (Å²) in [6.45, 7) is 0. The normalized spacial score (nSPS) is 10.4. The van der Waals surface area contributed by atoms with E-state index in [1.165, 1.54) is 6.07 Å². The third kappa shape index (κ3) is 3.45. The topological polar surface area (TPSA) is 20.3 Å². The molecule has 0 amide bonds. The summed E-state index contributed by atoms with van der Waals surface area (Å²) in [4.78, 5) is 14.1. The van der Waals surface area contributed by atoms with E-state index in [2.05, 4.69) is 15.9 Å². The molecule has 4 heteroatoms. The van der Waals surface area contributed by atoms with Crippen LogP contribution in [0, 0.1) is 5.82 Å². The number of Topliss-reactive ketones (excluding diaryl/α,β-unsaturated/α-hetero) is 1. The lowest BCUT2D eigenvalue weighted by atomic mass is 10.0. The van der Waals surface area contributed by atoms with Crippen LogP contribution >= 0.6 is 15.9 Å². The summed E-state index contributed by atoms with van der Waals surface area (Å²) in [6.07, 6.45) is 0.0699. The fourth-order valence-electron chi connectivity index (χ4n) is 1.89. The standard InChI is InChI=1S/C16H15BrFNO/c1-19(2)14-7-4-11(5-8-14)16(20)9-12-3-6-13(17)10-15(12)18/h3-8,10H,9H2,1-2H3. The van der Waals surface area contributed by atoms with Crippen LogP contribution in [0.2, 0.25) is 0 Å². The third-order valence-corrected chi connectivity index (χ3v) is 3.57. The van der Waals surface area contributed by atoms with Crippen LogP contribution in [0.4, 0.5) is 10.1 Å². The fraction of sp³-hybridized carbons (Fsp3) is 0.188. The number of benzene rings is 2. The number of nitrogens with zero attached hydrogens (tertiary/aromatic N) is 1. The van der Waals surface area contributed by atoms with Crippen molar-refractivity contribution in [3.05, 3.63) is 63.9 Å². The van der Waals surface area contributed by atoms with Crippen LogP contribution in [-0.4, -0.2) is 19.9 Å². The molecule has 0 atom stereocenters. The Balaban J connectivity index is 2.15. The van der Waals surface area contributed by atoms with Gasteiger partial charge in [0.05, 0.1) is 0 Å². The van der Waals surface area contributed by atoms with Gasteiger partial charge in [0.2, 0.25) is 0 Å². The summed E-state index contributed by atoms with van der Waals surface area (Å²) in [5.74, 6) is -0.450. The quantitative estimate of drug-likeness (QED) is 0.784. The van der Waals surface area contributed by atoms with E-state index in [9.17, 15) is 9.18 Å². The number of carbonyl (C=O) groups is 1. The van der Waals surface area contributed by atoms with E-state index in [1.807, 2.05) is 31.1 Å². The van der Waals surface area contributed by atoms with E-state index in [0.29, 0.717) is 15.6 Å². The van der Waals surface area contributed by atoms with Gasteiger partial charge in [0.15, 0.2) is 5.78 Å². The maximum atomic E-state index is 13.7. The summed E-state index contributed by atoms with van der Waals surface area (Å²) in [6, 6.07) is 12.0. The van der Waals surface area contributed by atoms with Crippen LogP contribution in [0.5, 0.6) is 0 Å². The van der Waals surface area contributed by atoms with Crippen molar-refractivity contribution in [3.63, 3.8) is 0 Å². The van der Waals surface area contributed by atoms with Crippen LogP contribution in [-0.2, 0) is 6.42 Å². The van der Waals surface area contributed by atoms with E-state index in [0.717, 1.165) is 5.69 Å². The van der Waals surface area contributed by atoms with Gasteiger partial charge >= 0.3 is 0 Å². The molecule has 104 valence electrons. The number of anilines is 1. The van der Waals surface area contributed by atoms with E-state index >= 15 is 0 Å². The minimum Gasteiger partial charge on any atom is -0.378 e. The van der Waals surface area contributed by atoms with Crippen molar-refractivity contribution in [3.8, 4) is 0 Å². The Labute approximate surface area is 126 Å². The molecule has 0 aliphatic carbocycles. The van der Waals surface area contributed by atoms with E-state index in [1.54, 1.807) is 24.3 Å². The van der Waals surface area contributed by atoms with Gasteiger partial charge in [-0.3, -0.25) is 4.79 Å². The Morgan fingerprint density at radius 2 is 1.80 bits per heavy atom. The maximum Gasteiger partial charge on any atom is 0.167 e. The van der Waals surface area contributed by atoms with Crippen LogP contribution in [0.15, 0.2) is 46.9 Å². The smallest absolute Gasteiger partial charge is 0.167 e. The number of ketones is 1. The molecule has 0 aromatic heterocycles. The molecule has 0 unspecified atom stereocenters. The van der Waals surface area contributed by atoms with Crippen molar-refractivity contribution in [2.45, 2.75) is 6.42 Å². The van der Waals surface area contributed by atoms with Crippen molar-refractivity contribution in [2.24, 2.45) is 0 Å². The zero-order chi connectivity index (χ0) is 14.7. The molecule has 2 nitrogen and oxygen atoms in total. The van der Waals surface area contributed by atoms with E-state index < -0.39 is 0 Å². The summed E-state index contributed by atoms with van der Waals surface area (Å²) < 4.78 is 14.4. The highest BCUT2D eigenvalue weighted by atomic mass is 79.9. The molecule has 2 aromatic rings. The zero-order valence-corrected chi connectivity index (χ0v) is 12.9.